The number of pyridine rings is 1. The second kappa shape index (κ2) is 2.71. The van der Waals surface area contributed by atoms with Crippen LogP contribution in [-0.2, 0) is 11.3 Å². The van der Waals surface area contributed by atoms with E-state index in [0.717, 1.165) is 53.9 Å². The van der Waals surface area contributed by atoms with Crippen molar-refractivity contribution in [3.05, 3.63) is 30.1 Å². The van der Waals surface area contributed by atoms with Gasteiger partial charge in [-0.25, -0.2) is 0 Å². The van der Waals surface area contributed by atoms with Gasteiger partial charge in [-0.15, -0.1) is 0 Å². The van der Waals surface area contributed by atoms with Crippen LogP contribution in [0.4, 0.5) is 0 Å². The Bertz CT molecular complexity index is 623. The SMILES string of the molecule is c1cc(CNC23OC4C5C6CC(C7C6C4C72)C53)ccn1. The number of nitrogens with one attached hydrogen (secondary N) is 1. The van der Waals surface area contributed by atoms with E-state index in [2.05, 4.69) is 22.4 Å². The monoisotopic (exact) mass is 266 g/mol. The lowest BCUT2D eigenvalue weighted by Gasteiger charge is -2.46. The molecule has 2 saturated heterocycles. The summed E-state index contributed by atoms with van der Waals surface area (Å²) in [6.07, 6.45) is 5.95. The molecule has 1 N–H and O–H groups in total. The van der Waals surface area contributed by atoms with Crippen molar-refractivity contribution in [3.8, 4) is 0 Å². The molecular weight excluding hydrogens is 248 g/mol. The zero-order chi connectivity index (χ0) is 12.6. The first-order valence-corrected chi connectivity index (χ1v) is 8.22. The number of hydrogen-bond acceptors (Lipinski definition) is 3. The summed E-state index contributed by atoms with van der Waals surface area (Å²) in [6.45, 7) is 0.941. The molecule has 7 fully saturated rings. The first-order chi connectivity index (χ1) is 9.90. The summed E-state index contributed by atoms with van der Waals surface area (Å²) in [5.41, 5.74) is 1.40. The summed E-state index contributed by atoms with van der Waals surface area (Å²) in [6, 6.07) is 4.24. The fourth-order valence-electron chi connectivity index (χ4n) is 8.03. The molecule has 102 valence electrons. The van der Waals surface area contributed by atoms with Gasteiger partial charge in [0.2, 0.25) is 0 Å². The normalized spacial score (nSPS) is 64.7. The van der Waals surface area contributed by atoms with Crippen LogP contribution < -0.4 is 5.32 Å². The summed E-state index contributed by atoms with van der Waals surface area (Å²) in [5.74, 6) is 7.73. The second-order valence-corrected chi connectivity index (χ2v) is 8.01. The standard InChI is InChI=1S/C17H18N2O/c1-3-18-4-2-7(1)6-19-17-14-9-5-8-10-11(9)15(17)13(10)16(20-17)12(8)14/h1-4,8-16,19H,5-6H2. The van der Waals surface area contributed by atoms with Crippen molar-refractivity contribution in [2.75, 3.05) is 0 Å². The van der Waals surface area contributed by atoms with Crippen LogP contribution in [0.3, 0.4) is 0 Å². The van der Waals surface area contributed by atoms with Crippen LogP contribution in [0.5, 0.6) is 0 Å². The molecule has 7 aliphatic rings. The maximum absolute atomic E-state index is 6.65. The minimum atomic E-state index is 0.0698. The molecule has 0 aromatic carbocycles. The zero-order valence-electron chi connectivity index (χ0n) is 11.3. The third-order valence-electron chi connectivity index (χ3n) is 8.02. The average Bonchev–Trinajstić information content (AvgIpc) is 3.10. The van der Waals surface area contributed by atoms with E-state index in [1.807, 2.05) is 12.4 Å². The molecule has 3 nitrogen and oxygen atoms in total. The molecule has 2 aliphatic heterocycles. The van der Waals surface area contributed by atoms with Crippen LogP contribution >= 0.6 is 0 Å². The molecule has 5 saturated carbocycles. The molecule has 3 heteroatoms. The maximum Gasteiger partial charge on any atom is 0.126 e. The predicted octanol–water partition coefficient (Wildman–Crippen LogP) is 1.65. The van der Waals surface area contributed by atoms with Gasteiger partial charge in [-0.1, -0.05) is 0 Å². The van der Waals surface area contributed by atoms with Crippen molar-refractivity contribution in [2.24, 2.45) is 47.3 Å². The van der Waals surface area contributed by atoms with Crippen LogP contribution in [0.2, 0.25) is 0 Å². The van der Waals surface area contributed by atoms with E-state index in [4.69, 9.17) is 4.74 Å². The molecule has 5 aliphatic carbocycles. The zero-order valence-corrected chi connectivity index (χ0v) is 11.3. The molecule has 4 bridgehead atoms. The van der Waals surface area contributed by atoms with Crippen molar-refractivity contribution < 1.29 is 4.74 Å². The molecule has 0 radical (unpaired) electrons. The third kappa shape index (κ3) is 0.723. The van der Waals surface area contributed by atoms with E-state index in [1.54, 1.807) is 0 Å². The summed E-state index contributed by atoms with van der Waals surface area (Å²) in [7, 11) is 0. The van der Waals surface area contributed by atoms with Gasteiger partial charge in [0.05, 0.1) is 6.10 Å². The van der Waals surface area contributed by atoms with Crippen molar-refractivity contribution in [1.29, 1.82) is 0 Å². The maximum atomic E-state index is 6.65. The van der Waals surface area contributed by atoms with Gasteiger partial charge >= 0.3 is 0 Å². The number of aromatic nitrogens is 1. The van der Waals surface area contributed by atoms with E-state index < -0.39 is 0 Å². The molecule has 8 rings (SSSR count). The van der Waals surface area contributed by atoms with Gasteiger partial charge in [-0.3, -0.25) is 10.3 Å². The van der Waals surface area contributed by atoms with Gasteiger partial charge in [0.15, 0.2) is 0 Å². The Morgan fingerprint density at radius 3 is 2.90 bits per heavy atom. The highest BCUT2D eigenvalue weighted by Gasteiger charge is 2.92. The van der Waals surface area contributed by atoms with Crippen molar-refractivity contribution in [1.82, 2.24) is 10.3 Å². The van der Waals surface area contributed by atoms with Gasteiger partial charge in [0.1, 0.15) is 5.72 Å². The smallest absolute Gasteiger partial charge is 0.126 e. The Hall–Kier alpha value is -0.930. The predicted molar refractivity (Wildman–Crippen MR) is 71.2 cm³/mol. The summed E-state index contributed by atoms with van der Waals surface area (Å²) in [4.78, 5) is 4.11. The molecule has 1 aromatic heterocycles. The van der Waals surface area contributed by atoms with Crippen LogP contribution in [0, 0.1) is 47.3 Å². The van der Waals surface area contributed by atoms with Crippen molar-refractivity contribution >= 4 is 0 Å². The van der Waals surface area contributed by atoms with Gasteiger partial charge in [0.25, 0.3) is 0 Å². The molecule has 0 spiro atoms. The van der Waals surface area contributed by atoms with E-state index >= 15 is 0 Å². The van der Waals surface area contributed by atoms with Gasteiger partial charge in [0, 0.05) is 30.8 Å². The fourth-order valence-corrected chi connectivity index (χ4v) is 8.03. The molecule has 0 amide bonds. The van der Waals surface area contributed by atoms with Crippen LogP contribution in [-0.4, -0.2) is 16.8 Å². The molecule has 20 heavy (non-hydrogen) atoms. The number of hydrogen-bond donors (Lipinski definition) is 1. The summed E-state index contributed by atoms with van der Waals surface area (Å²) >= 11 is 0. The highest BCUT2D eigenvalue weighted by Crippen LogP contribution is 2.89. The van der Waals surface area contributed by atoms with Crippen LogP contribution in [0.15, 0.2) is 24.5 Å². The third-order valence-corrected chi connectivity index (χ3v) is 8.02. The van der Waals surface area contributed by atoms with Gasteiger partial charge < -0.3 is 4.74 Å². The molecular formula is C17H18N2O. The topological polar surface area (TPSA) is 34.1 Å². The quantitative estimate of drug-likeness (QED) is 0.903. The minimum absolute atomic E-state index is 0.0698. The first kappa shape index (κ1) is 9.91. The lowest BCUT2D eigenvalue weighted by molar-refractivity contribution is -0.0591. The Morgan fingerprint density at radius 2 is 2.00 bits per heavy atom. The van der Waals surface area contributed by atoms with Crippen molar-refractivity contribution in [2.45, 2.75) is 24.8 Å². The summed E-state index contributed by atoms with van der Waals surface area (Å²) < 4.78 is 6.65. The Morgan fingerprint density at radius 1 is 1.10 bits per heavy atom. The molecule has 10 atom stereocenters. The van der Waals surface area contributed by atoms with Crippen molar-refractivity contribution in [3.63, 3.8) is 0 Å². The highest BCUT2D eigenvalue weighted by atomic mass is 16.5. The molecule has 10 unspecified atom stereocenters. The van der Waals surface area contributed by atoms with Gasteiger partial charge in [-0.05, 0) is 59.6 Å². The molecule has 3 heterocycles. The first-order valence-electron chi connectivity index (χ1n) is 8.22. The lowest BCUT2D eigenvalue weighted by atomic mass is 9.59. The van der Waals surface area contributed by atoms with Crippen LogP contribution in [0.1, 0.15) is 12.0 Å². The van der Waals surface area contributed by atoms with E-state index in [0.29, 0.717) is 6.10 Å². The molecule has 1 aromatic rings. The number of ether oxygens (including phenoxy) is 1. The largest absolute Gasteiger partial charge is 0.356 e. The lowest BCUT2D eigenvalue weighted by Crippen LogP contribution is -2.56. The van der Waals surface area contributed by atoms with Gasteiger partial charge in [-0.2, -0.15) is 0 Å². The average molecular weight is 266 g/mol. The number of rotatable bonds is 3. The minimum Gasteiger partial charge on any atom is -0.356 e. The van der Waals surface area contributed by atoms with E-state index in [9.17, 15) is 0 Å². The Kier molecular flexibility index (Phi) is 1.34. The fraction of sp³-hybridized carbons (Fsp3) is 0.706. The summed E-state index contributed by atoms with van der Waals surface area (Å²) in [5, 5.41) is 3.89. The highest BCUT2D eigenvalue weighted by molar-refractivity contribution is 5.38. The number of nitrogens with zero attached hydrogens (tertiary/aromatic N) is 1. The second-order valence-electron chi connectivity index (χ2n) is 8.01. The van der Waals surface area contributed by atoms with E-state index in [1.165, 1.54) is 12.0 Å². The Balaban J connectivity index is 1.29. The van der Waals surface area contributed by atoms with Crippen LogP contribution in [0.25, 0.3) is 0 Å². The Labute approximate surface area is 118 Å². The van der Waals surface area contributed by atoms with E-state index in [-0.39, 0.29) is 5.72 Å².